The van der Waals surface area contributed by atoms with Crippen LogP contribution < -0.4 is 5.73 Å². The molecule has 0 radical (unpaired) electrons. The summed E-state index contributed by atoms with van der Waals surface area (Å²) in [5, 5.41) is 7.08. The fraction of sp³-hybridized carbons (Fsp3) is 0.100. The van der Waals surface area contributed by atoms with Gasteiger partial charge in [0, 0.05) is 11.3 Å². The Labute approximate surface area is 90.5 Å². The smallest absolute Gasteiger partial charge is 0.0795 e. The highest BCUT2D eigenvalue weighted by atomic mass is 79.9. The van der Waals surface area contributed by atoms with Gasteiger partial charge in [0.05, 0.1) is 15.9 Å². The van der Waals surface area contributed by atoms with Gasteiger partial charge in [-0.2, -0.15) is 5.10 Å². The van der Waals surface area contributed by atoms with Gasteiger partial charge >= 0.3 is 0 Å². The maximum atomic E-state index is 5.61. The van der Waals surface area contributed by atoms with Crippen molar-refractivity contribution in [3.05, 3.63) is 34.4 Å². The van der Waals surface area contributed by atoms with Crippen molar-refractivity contribution in [3.63, 3.8) is 0 Å². The summed E-state index contributed by atoms with van der Waals surface area (Å²) in [7, 11) is 0. The molecule has 0 saturated heterocycles. The fourth-order valence-electron chi connectivity index (χ4n) is 1.26. The molecule has 3 N–H and O–H groups in total. The van der Waals surface area contributed by atoms with E-state index < -0.39 is 0 Å². The Kier molecular flexibility index (Phi) is 2.29. The van der Waals surface area contributed by atoms with Crippen molar-refractivity contribution in [1.29, 1.82) is 0 Å². The SMILES string of the molecule is Cc1n[nH]c(-c2ccc(N)cc2)c1Br. The summed E-state index contributed by atoms with van der Waals surface area (Å²) in [6, 6.07) is 7.68. The van der Waals surface area contributed by atoms with Gasteiger partial charge < -0.3 is 5.73 Å². The summed E-state index contributed by atoms with van der Waals surface area (Å²) in [5.74, 6) is 0. The maximum Gasteiger partial charge on any atom is 0.0795 e. The lowest BCUT2D eigenvalue weighted by molar-refractivity contribution is 1.05. The Morgan fingerprint density at radius 2 is 1.93 bits per heavy atom. The Balaban J connectivity index is 2.49. The molecular weight excluding hydrogens is 242 g/mol. The highest BCUT2D eigenvalue weighted by Crippen LogP contribution is 2.28. The molecule has 14 heavy (non-hydrogen) atoms. The molecule has 0 atom stereocenters. The number of aromatic amines is 1. The monoisotopic (exact) mass is 251 g/mol. The van der Waals surface area contributed by atoms with Crippen molar-refractivity contribution in [1.82, 2.24) is 10.2 Å². The van der Waals surface area contributed by atoms with E-state index in [1.54, 1.807) is 0 Å². The van der Waals surface area contributed by atoms with E-state index in [2.05, 4.69) is 26.1 Å². The minimum atomic E-state index is 0.765. The number of nitrogen functional groups attached to an aromatic ring is 1. The summed E-state index contributed by atoms with van der Waals surface area (Å²) < 4.78 is 1.00. The summed E-state index contributed by atoms with van der Waals surface area (Å²) in [5.41, 5.74) is 9.39. The van der Waals surface area contributed by atoms with Crippen LogP contribution in [0.15, 0.2) is 28.7 Å². The predicted molar refractivity (Wildman–Crippen MR) is 60.9 cm³/mol. The molecule has 2 rings (SSSR count). The number of aryl methyl sites for hydroxylation is 1. The zero-order chi connectivity index (χ0) is 10.1. The standard InChI is InChI=1S/C10H10BrN3/c1-6-9(11)10(14-13-6)7-2-4-8(12)5-3-7/h2-5H,12H2,1H3,(H,13,14). The van der Waals surface area contributed by atoms with Gasteiger partial charge in [0.1, 0.15) is 0 Å². The van der Waals surface area contributed by atoms with Gasteiger partial charge in [0.2, 0.25) is 0 Å². The lowest BCUT2D eigenvalue weighted by Gasteiger charge is -1.99. The van der Waals surface area contributed by atoms with Gasteiger partial charge in [-0.3, -0.25) is 5.10 Å². The third-order valence-corrected chi connectivity index (χ3v) is 3.04. The van der Waals surface area contributed by atoms with Crippen LogP contribution in [0.2, 0.25) is 0 Å². The first-order valence-corrected chi connectivity index (χ1v) is 5.04. The average molecular weight is 252 g/mol. The molecule has 4 heteroatoms. The maximum absolute atomic E-state index is 5.61. The van der Waals surface area contributed by atoms with E-state index >= 15 is 0 Å². The van der Waals surface area contributed by atoms with E-state index in [0.717, 1.165) is 27.1 Å². The van der Waals surface area contributed by atoms with Crippen molar-refractivity contribution in [2.24, 2.45) is 0 Å². The number of aromatic nitrogens is 2. The minimum absolute atomic E-state index is 0.765. The minimum Gasteiger partial charge on any atom is -0.399 e. The van der Waals surface area contributed by atoms with Crippen LogP contribution >= 0.6 is 15.9 Å². The van der Waals surface area contributed by atoms with Crippen LogP contribution in [-0.4, -0.2) is 10.2 Å². The second-order valence-corrected chi connectivity index (χ2v) is 3.91. The number of anilines is 1. The summed E-state index contributed by atoms with van der Waals surface area (Å²) >= 11 is 3.48. The molecule has 0 amide bonds. The van der Waals surface area contributed by atoms with E-state index in [1.165, 1.54) is 0 Å². The van der Waals surface area contributed by atoms with E-state index in [1.807, 2.05) is 31.2 Å². The zero-order valence-electron chi connectivity index (χ0n) is 7.71. The van der Waals surface area contributed by atoms with Gasteiger partial charge in [-0.25, -0.2) is 0 Å². The van der Waals surface area contributed by atoms with Gasteiger partial charge in [-0.15, -0.1) is 0 Å². The quantitative estimate of drug-likeness (QED) is 0.766. The van der Waals surface area contributed by atoms with Crippen molar-refractivity contribution >= 4 is 21.6 Å². The highest BCUT2D eigenvalue weighted by molar-refractivity contribution is 9.10. The third kappa shape index (κ3) is 1.53. The Bertz CT molecular complexity index is 445. The third-order valence-electron chi connectivity index (χ3n) is 2.07. The number of hydrogen-bond acceptors (Lipinski definition) is 2. The molecular formula is C10H10BrN3. The molecule has 1 aromatic heterocycles. The topological polar surface area (TPSA) is 54.7 Å². The molecule has 1 aromatic carbocycles. The van der Waals surface area contributed by atoms with Crippen LogP contribution in [-0.2, 0) is 0 Å². The second kappa shape index (κ2) is 3.46. The van der Waals surface area contributed by atoms with Crippen LogP contribution in [0.4, 0.5) is 5.69 Å². The largest absolute Gasteiger partial charge is 0.399 e. The number of nitrogens with zero attached hydrogens (tertiary/aromatic N) is 1. The predicted octanol–water partition coefficient (Wildman–Crippen LogP) is 2.73. The lowest BCUT2D eigenvalue weighted by atomic mass is 10.1. The summed E-state index contributed by atoms with van der Waals surface area (Å²) in [6.45, 7) is 1.95. The van der Waals surface area contributed by atoms with Gasteiger partial charge in [-0.1, -0.05) is 12.1 Å². The molecule has 0 aliphatic heterocycles. The number of halogens is 1. The van der Waals surface area contributed by atoms with Crippen LogP contribution in [0.25, 0.3) is 11.3 Å². The van der Waals surface area contributed by atoms with Gasteiger partial charge in [0.15, 0.2) is 0 Å². The highest BCUT2D eigenvalue weighted by Gasteiger charge is 2.08. The summed E-state index contributed by atoms with van der Waals surface area (Å²) in [6.07, 6.45) is 0. The first kappa shape index (κ1) is 9.27. The second-order valence-electron chi connectivity index (χ2n) is 3.12. The Hall–Kier alpha value is -1.29. The van der Waals surface area contributed by atoms with E-state index in [0.29, 0.717) is 0 Å². The molecule has 72 valence electrons. The molecule has 0 bridgehead atoms. The molecule has 0 aliphatic carbocycles. The van der Waals surface area contributed by atoms with Crippen LogP contribution in [0.3, 0.4) is 0 Å². The average Bonchev–Trinajstić information content (AvgIpc) is 2.50. The Morgan fingerprint density at radius 3 is 2.43 bits per heavy atom. The van der Waals surface area contributed by atoms with Gasteiger partial charge in [-0.05, 0) is 35.0 Å². The van der Waals surface area contributed by atoms with E-state index in [4.69, 9.17) is 5.73 Å². The number of H-pyrrole nitrogens is 1. The fourth-order valence-corrected chi connectivity index (χ4v) is 1.67. The first-order chi connectivity index (χ1) is 6.68. The molecule has 2 aromatic rings. The van der Waals surface area contributed by atoms with Crippen molar-refractivity contribution in [3.8, 4) is 11.3 Å². The molecule has 3 nitrogen and oxygen atoms in total. The Morgan fingerprint density at radius 1 is 1.29 bits per heavy atom. The number of hydrogen-bond donors (Lipinski definition) is 2. The number of nitrogens with two attached hydrogens (primary N) is 1. The lowest BCUT2D eigenvalue weighted by Crippen LogP contribution is -1.84. The zero-order valence-corrected chi connectivity index (χ0v) is 9.30. The number of benzene rings is 1. The van der Waals surface area contributed by atoms with Crippen LogP contribution in [0.1, 0.15) is 5.69 Å². The van der Waals surface area contributed by atoms with Crippen LogP contribution in [0.5, 0.6) is 0 Å². The molecule has 0 aliphatic rings. The molecule has 0 spiro atoms. The summed E-state index contributed by atoms with van der Waals surface area (Å²) in [4.78, 5) is 0. The van der Waals surface area contributed by atoms with Crippen molar-refractivity contribution in [2.45, 2.75) is 6.92 Å². The van der Waals surface area contributed by atoms with Crippen molar-refractivity contribution in [2.75, 3.05) is 5.73 Å². The van der Waals surface area contributed by atoms with E-state index in [-0.39, 0.29) is 0 Å². The number of nitrogens with one attached hydrogen (secondary N) is 1. The van der Waals surface area contributed by atoms with E-state index in [9.17, 15) is 0 Å². The van der Waals surface area contributed by atoms with Crippen molar-refractivity contribution < 1.29 is 0 Å². The molecule has 0 fully saturated rings. The first-order valence-electron chi connectivity index (χ1n) is 4.25. The molecule has 0 unspecified atom stereocenters. The normalized spacial score (nSPS) is 10.4. The molecule has 0 saturated carbocycles. The number of rotatable bonds is 1. The molecule has 1 heterocycles. The van der Waals surface area contributed by atoms with Gasteiger partial charge in [0.25, 0.3) is 0 Å². The van der Waals surface area contributed by atoms with Crippen LogP contribution in [0, 0.1) is 6.92 Å².